The van der Waals surface area contributed by atoms with Crippen molar-refractivity contribution >= 4 is 17.6 Å². The van der Waals surface area contributed by atoms with E-state index in [2.05, 4.69) is 25.9 Å². The molecule has 0 unspecified atom stereocenters. The summed E-state index contributed by atoms with van der Waals surface area (Å²) in [7, 11) is 2.95. The summed E-state index contributed by atoms with van der Waals surface area (Å²) in [5.74, 6) is -0.164. The van der Waals surface area contributed by atoms with Gasteiger partial charge < -0.3 is 19.6 Å². The van der Waals surface area contributed by atoms with Gasteiger partial charge in [0.05, 0.1) is 30.1 Å². The van der Waals surface area contributed by atoms with E-state index in [1.54, 1.807) is 13.0 Å². The number of ether oxygens (including phenoxy) is 2. The molecule has 12 nitrogen and oxygen atoms in total. The maximum atomic E-state index is 12.2. The minimum atomic E-state index is -0.756. The number of nitrogens with one attached hydrogen (secondary N) is 1. The SMILES string of the molecule is COc1cc(OC)cc(C(=O)NN=C(C)Cn2nnc([N+](=O)[O-])n2)c1. The highest BCUT2D eigenvalue weighted by molar-refractivity contribution is 5.96. The van der Waals surface area contributed by atoms with Crippen LogP contribution in [-0.2, 0) is 6.54 Å². The lowest BCUT2D eigenvalue weighted by atomic mass is 10.2. The van der Waals surface area contributed by atoms with Crippen LogP contribution >= 0.6 is 0 Å². The highest BCUT2D eigenvalue weighted by Crippen LogP contribution is 2.22. The van der Waals surface area contributed by atoms with E-state index in [1.165, 1.54) is 26.4 Å². The molecule has 1 heterocycles. The Morgan fingerprint density at radius 1 is 1.32 bits per heavy atom. The summed E-state index contributed by atoms with van der Waals surface area (Å²) < 4.78 is 10.2. The van der Waals surface area contributed by atoms with Crippen molar-refractivity contribution in [2.24, 2.45) is 5.10 Å². The monoisotopic (exact) mass is 349 g/mol. The van der Waals surface area contributed by atoms with Gasteiger partial charge in [-0.2, -0.15) is 5.10 Å². The molecule has 0 bridgehead atoms. The van der Waals surface area contributed by atoms with Crippen LogP contribution in [0.15, 0.2) is 23.3 Å². The Morgan fingerprint density at radius 3 is 2.48 bits per heavy atom. The Hall–Kier alpha value is -3.57. The van der Waals surface area contributed by atoms with E-state index in [4.69, 9.17) is 9.47 Å². The summed E-state index contributed by atoms with van der Waals surface area (Å²) >= 11 is 0. The molecule has 0 saturated carbocycles. The van der Waals surface area contributed by atoms with Gasteiger partial charge in [0, 0.05) is 16.8 Å². The lowest BCUT2D eigenvalue weighted by Crippen LogP contribution is -2.21. The van der Waals surface area contributed by atoms with Crippen molar-refractivity contribution in [2.45, 2.75) is 13.5 Å². The molecule has 1 amide bonds. The normalized spacial score (nSPS) is 11.1. The third kappa shape index (κ3) is 4.70. The Labute approximate surface area is 141 Å². The zero-order valence-corrected chi connectivity index (χ0v) is 13.7. The molecule has 0 atom stereocenters. The molecule has 0 aliphatic heterocycles. The van der Waals surface area contributed by atoms with E-state index in [0.717, 1.165) is 4.80 Å². The second-order valence-corrected chi connectivity index (χ2v) is 4.77. The Kier molecular flexibility index (Phi) is 5.55. The van der Waals surface area contributed by atoms with Gasteiger partial charge in [0.1, 0.15) is 18.0 Å². The number of benzene rings is 1. The van der Waals surface area contributed by atoms with Crippen molar-refractivity contribution in [1.29, 1.82) is 0 Å². The minimum Gasteiger partial charge on any atom is -0.497 e. The number of carbonyl (C=O) groups excluding carboxylic acids is 1. The number of carbonyl (C=O) groups is 1. The summed E-state index contributed by atoms with van der Waals surface area (Å²) in [5.41, 5.74) is 3.07. The van der Waals surface area contributed by atoms with E-state index in [0.29, 0.717) is 22.8 Å². The molecule has 0 spiro atoms. The number of aromatic nitrogens is 4. The first kappa shape index (κ1) is 17.8. The molecule has 0 radical (unpaired) electrons. The highest BCUT2D eigenvalue weighted by atomic mass is 16.6. The third-order valence-corrected chi connectivity index (χ3v) is 2.94. The molecular formula is C13H15N7O5. The first-order chi connectivity index (χ1) is 11.9. The fourth-order valence-corrected chi connectivity index (χ4v) is 1.76. The number of hydrogen-bond donors (Lipinski definition) is 1. The summed E-state index contributed by atoms with van der Waals surface area (Å²) in [6, 6.07) is 4.70. The van der Waals surface area contributed by atoms with Gasteiger partial charge in [-0.15, -0.1) is 0 Å². The van der Waals surface area contributed by atoms with E-state index in [1.807, 2.05) is 0 Å². The topological polar surface area (TPSA) is 147 Å². The number of nitro groups is 1. The number of methoxy groups -OCH3 is 2. The van der Waals surface area contributed by atoms with Gasteiger partial charge in [0.25, 0.3) is 5.91 Å². The van der Waals surface area contributed by atoms with Gasteiger partial charge >= 0.3 is 5.95 Å². The molecule has 1 N–H and O–H groups in total. The van der Waals surface area contributed by atoms with Gasteiger partial charge in [0.15, 0.2) is 0 Å². The number of hydrazone groups is 1. The van der Waals surface area contributed by atoms with Crippen molar-refractivity contribution in [1.82, 2.24) is 25.6 Å². The molecule has 0 aliphatic carbocycles. The van der Waals surface area contributed by atoms with Crippen molar-refractivity contribution in [3.8, 4) is 11.5 Å². The largest absolute Gasteiger partial charge is 0.514 e. The van der Waals surface area contributed by atoms with E-state index < -0.39 is 16.8 Å². The Balaban J connectivity index is 2.04. The van der Waals surface area contributed by atoms with Crippen LogP contribution in [0.4, 0.5) is 5.95 Å². The molecule has 132 valence electrons. The fraction of sp³-hybridized carbons (Fsp3) is 0.308. The van der Waals surface area contributed by atoms with Crippen LogP contribution in [0.25, 0.3) is 0 Å². The zero-order chi connectivity index (χ0) is 18.4. The average Bonchev–Trinajstić information content (AvgIpc) is 3.07. The average molecular weight is 349 g/mol. The predicted molar refractivity (Wildman–Crippen MR) is 84.6 cm³/mol. The number of nitrogens with zero attached hydrogens (tertiary/aromatic N) is 6. The lowest BCUT2D eigenvalue weighted by Gasteiger charge is -2.07. The van der Waals surface area contributed by atoms with E-state index in [9.17, 15) is 14.9 Å². The van der Waals surface area contributed by atoms with Crippen LogP contribution in [0, 0.1) is 10.1 Å². The van der Waals surface area contributed by atoms with Crippen LogP contribution in [0.5, 0.6) is 11.5 Å². The molecule has 1 aromatic carbocycles. The molecule has 1 aromatic heterocycles. The van der Waals surface area contributed by atoms with Crippen molar-refractivity contribution in [2.75, 3.05) is 14.2 Å². The summed E-state index contributed by atoms with van der Waals surface area (Å²) in [6.45, 7) is 1.63. The Morgan fingerprint density at radius 2 is 1.96 bits per heavy atom. The molecule has 25 heavy (non-hydrogen) atoms. The van der Waals surface area contributed by atoms with E-state index >= 15 is 0 Å². The summed E-state index contributed by atoms with van der Waals surface area (Å²) in [4.78, 5) is 22.9. The van der Waals surface area contributed by atoms with Crippen LogP contribution in [-0.4, -0.2) is 51.0 Å². The third-order valence-electron chi connectivity index (χ3n) is 2.94. The van der Waals surface area contributed by atoms with Gasteiger partial charge in [0.2, 0.25) is 0 Å². The first-order valence-corrected chi connectivity index (χ1v) is 6.91. The molecule has 0 aliphatic rings. The van der Waals surface area contributed by atoms with Gasteiger partial charge in [-0.3, -0.25) is 4.79 Å². The second-order valence-electron chi connectivity index (χ2n) is 4.77. The molecular weight excluding hydrogens is 334 g/mol. The van der Waals surface area contributed by atoms with Gasteiger partial charge in [-0.1, -0.05) is 4.80 Å². The van der Waals surface area contributed by atoms with Crippen molar-refractivity contribution in [3.05, 3.63) is 33.9 Å². The molecule has 2 aromatic rings. The predicted octanol–water partition coefficient (Wildman–Crippen LogP) is 0.404. The van der Waals surface area contributed by atoms with Crippen molar-refractivity contribution < 1.29 is 19.2 Å². The molecule has 0 fully saturated rings. The quantitative estimate of drug-likeness (QED) is 0.429. The van der Waals surface area contributed by atoms with E-state index in [-0.39, 0.29) is 6.54 Å². The standard InChI is InChI=1S/C13H15N7O5/c1-8(7-19-17-13(16-18-19)20(22)23)14-15-12(21)9-4-10(24-2)6-11(5-9)25-3/h4-6H,7H2,1-3H3,(H,15,21). The summed E-state index contributed by atoms with van der Waals surface area (Å²) in [6.07, 6.45) is 0. The number of rotatable bonds is 7. The molecule has 0 saturated heterocycles. The number of tetrazole rings is 1. The number of amides is 1. The molecule has 2 rings (SSSR count). The van der Waals surface area contributed by atoms with Crippen LogP contribution in [0.1, 0.15) is 17.3 Å². The zero-order valence-electron chi connectivity index (χ0n) is 13.7. The minimum absolute atomic E-state index is 0.0303. The Bertz CT molecular complexity index is 795. The number of hydrogen-bond acceptors (Lipinski definition) is 9. The van der Waals surface area contributed by atoms with Crippen LogP contribution in [0.2, 0.25) is 0 Å². The van der Waals surface area contributed by atoms with Gasteiger partial charge in [-0.25, -0.2) is 5.43 Å². The van der Waals surface area contributed by atoms with Crippen molar-refractivity contribution in [3.63, 3.8) is 0 Å². The second kappa shape index (κ2) is 7.81. The maximum Gasteiger partial charge on any atom is 0.514 e. The van der Waals surface area contributed by atoms with Gasteiger partial charge in [-0.05, 0) is 24.0 Å². The summed E-state index contributed by atoms with van der Waals surface area (Å²) in [5, 5.41) is 24.7. The van der Waals surface area contributed by atoms with Crippen LogP contribution < -0.4 is 14.9 Å². The molecule has 12 heteroatoms. The highest BCUT2D eigenvalue weighted by Gasteiger charge is 2.16. The smallest absolute Gasteiger partial charge is 0.497 e. The first-order valence-electron chi connectivity index (χ1n) is 6.91. The van der Waals surface area contributed by atoms with Crippen LogP contribution in [0.3, 0.4) is 0 Å². The maximum absolute atomic E-state index is 12.2. The fourth-order valence-electron chi connectivity index (χ4n) is 1.76. The lowest BCUT2D eigenvalue weighted by molar-refractivity contribution is -0.394.